The van der Waals surface area contributed by atoms with Crippen LogP contribution in [0, 0.1) is 0 Å². The quantitative estimate of drug-likeness (QED) is 0.598. The number of fused-ring (bicyclic) bond motifs is 1. The third-order valence-corrected chi connectivity index (χ3v) is 2.25. The van der Waals surface area contributed by atoms with E-state index in [2.05, 4.69) is 10.2 Å². The van der Waals surface area contributed by atoms with Gasteiger partial charge in [0.15, 0.2) is 0 Å². The van der Waals surface area contributed by atoms with Gasteiger partial charge in [-0.1, -0.05) is 11.6 Å². The first-order valence-electron chi connectivity index (χ1n) is 4.01. The van der Waals surface area contributed by atoms with E-state index in [0.29, 0.717) is 16.1 Å². The Bertz CT molecular complexity index is 561. The van der Waals surface area contributed by atoms with Crippen LogP contribution in [0.15, 0.2) is 18.2 Å². The standard InChI is InChI=1S/C9H5ClN2O3/c10-8-5-2-1-4(7(13)9(14)15)3-6(5)11-12-8/h1-3H,(H,11,12)(H,14,15). The molecule has 2 rings (SSSR count). The van der Waals surface area contributed by atoms with E-state index >= 15 is 0 Å². The normalized spacial score (nSPS) is 10.5. The molecule has 1 aromatic carbocycles. The molecule has 0 unspecified atom stereocenters. The molecule has 1 aromatic heterocycles. The van der Waals surface area contributed by atoms with Crippen LogP contribution in [0.4, 0.5) is 0 Å². The summed E-state index contributed by atoms with van der Waals surface area (Å²) >= 11 is 5.75. The fraction of sp³-hybridized carbons (Fsp3) is 0. The minimum absolute atomic E-state index is 0.0816. The monoisotopic (exact) mass is 224 g/mol. The third kappa shape index (κ3) is 1.57. The fourth-order valence-corrected chi connectivity index (χ4v) is 1.45. The second-order valence-corrected chi connectivity index (χ2v) is 3.28. The zero-order valence-corrected chi connectivity index (χ0v) is 8.08. The van der Waals surface area contributed by atoms with Gasteiger partial charge in [-0.25, -0.2) is 4.79 Å². The number of rotatable bonds is 2. The number of Topliss-reactive ketones (excluding diaryl/α,β-unsaturated/α-hetero) is 1. The van der Waals surface area contributed by atoms with Gasteiger partial charge in [-0.15, -0.1) is 0 Å². The number of benzene rings is 1. The molecule has 0 saturated heterocycles. The van der Waals surface area contributed by atoms with Gasteiger partial charge in [0.05, 0.1) is 5.52 Å². The topological polar surface area (TPSA) is 83.0 Å². The highest BCUT2D eigenvalue weighted by Crippen LogP contribution is 2.21. The molecule has 0 aliphatic rings. The summed E-state index contributed by atoms with van der Waals surface area (Å²) in [5.74, 6) is -2.45. The summed E-state index contributed by atoms with van der Waals surface area (Å²) in [4.78, 5) is 21.6. The Labute approximate surface area is 88.7 Å². The summed E-state index contributed by atoms with van der Waals surface area (Å²) in [5.41, 5.74) is 0.547. The molecule has 0 fully saturated rings. The first kappa shape index (κ1) is 9.67. The van der Waals surface area contributed by atoms with Gasteiger partial charge in [0, 0.05) is 10.9 Å². The van der Waals surface area contributed by atoms with E-state index in [0.717, 1.165) is 0 Å². The molecule has 0 spiro atoms. The average molecular weight is 225 g/mol. The number of hydrogen-bond acceptors (Lipinski definition) is 3. The molecule has 0 bridgehead atoms. The number of carbonyl (C=O) groups excluding carboxylic acids is 1. The lowest BCUT2D eigenvalue weighted by Gasteiger charge is -1.95. The van der Waals surface area contributed by atoms with E-state index in [1.165, 1.54) is 12.1 Å². The Balaban J connectivity index is 2.57. The molecular weight excluding hydrogens is 220 g/mol. The van der Waals surface area contributed by atoms with Crippen molar-refractivity contribution >= 4 is 34.3 Å². The van der Waals surface area contributed by atoms with E-state index in [-0.39, 0.29) is 5.56 Å². The van der Waals surface area contributed by atoms with E-state index in [1.807, 2.05) is 0 Å². The number of H-pyrrole nitrogens is 1. The lowest BCUT2D eigenvalue weighted by atomic mass is 10.1. The van der Waals surface area contributed by atoms with Crippen molar-refractivity contribution < 1.29 is 14.7 Å². The Morgan fingerprint density at radius 2 is 2.13 bits per heavy atom. The van der Waals surface area contributed by atoms with Crippen molar-refractivity contribution in [2.45, 2.75) is 0 Å². The SMILES string of the molecule is O=C(O)C(=O)c1ccc2c(Cl)[nH]nc2c1. The molecule has 2 aromatic rings. The number of carboxylic acids is 1. The lowest BCUT2D eigenvalue weighted by Crippen LogP contribution is -2.12. The zero-order valence-electron chi connectivity index (χ0n) is 7.32. The molecule has 0 aliphatic carbocycles. The number of carboxylic acid groups (broad SMARTS) is 1. The van der Waals surface area contributed by atoms with Crippen LogP contribution in [0.1, 0.15) is 10.4 Å². The van der Waals surface area contributed by atoms with E-state index in [1.54, 1.807) is 6.07 Å². The van der Waals surface area contributed by atoms with Crippen LogP contribution in [-0.2, 0) is 4.79 Å². The van der Waals surface area contributed by atoms with Crippen LogP contribution < -0.4 is 0 Å². The number of halogens is 1. The minimum atomic E-state index is -1.49. The Morgan fingerprint density at radius 3 is 2.80 bits per heavy atom. The summed E-state index contributed by atoms with van der Waals surface area (Å²) in [6.45, 7) is 0. The fourth-order valence-electron chi connectivity index (χ4n) is 1.24. The van der Waals surface area contributed by atoms with Crippen molar-refractivity contribution in [2.24, 2.45) is 0 Å². The van der Waals surface area contributed by atoms with Crippen LogP contribution >= 0.6 is 11.6 Å². The van der Waals surface area contributed by atoms with Crippen molar-refractivity contribution in [3.63, 3.8) is 0 Å². The number of carbonyl (C=O) groups is 2. The summed E-state index contributed by atoms with van der Waals surface area (Å²) in [6, 6.07) is 4.34. The van der Waals surface area contributed by atoms with Crippen LogP contribution in [0.2, 0.25) is 5.15 Å². The summed E-state index contributed by atoms with van der Waals surface area (Å²) in [5, 5.41) is 15.9. The van der Waals surface area contributed by atoms with E-state index < -0.39 is 11.8 Å². The second kappa shape index (κ2) is 3.36. The van der Waals surface area contributed by atoms with Gasteiger partial charge >= 0.3 is 5.97 Å². The van der Waals surface area contributed by atoms with Crippen molar-refractivity contribution in [1.82, 2.24) is 10.2 Å². The molecule has 5 nitrogen and oxygen atoms in total. The summed E-state index contributed by atoms with van der Waals surface area (Å²) in [6.07, 6.45) is 0. The highest BCUT2D eigenvalue weighted by molar-refractivity contribution is 6.40. The van der Waals surface area contributed by atoms with Gasteiger partial charge in [-0.05, 0) is 18.2 Å². The number of hydrogen-bond donors (Lipinski definition) is 2. The first-order chi connectivity index (χ1) is 7.09. The van der Waals surface area contributed by atoms with Crippen LogP contribution in [-0.4, -0.2) is 27.1 Å². The molecule has 0 amide bonds. The first-order valence-corrected chi connectivity index (χ1v) is 4.38. The number of aromatic amines is 1. The third-order valence-electron chi connectivity index (χ3n) is 1.97. The molecule has 2 N–H and O–H groups in total. The molecule has 0 saturated carbocycles. The van der Waals surface area contributed by atoms with Crippen LogP contribution in [0.3, 0.4) is 0 Å². The van der Waals surface area contributed by atoms with E-state index in [9.17, 15) is 9.59 Å². The maximum Gasteiger partial charge on any atom is 0.377 e. The van der Waals surface area contributed by atoms with Crippen molar-refractivity contribution in [3.05, 3.63) is 28.9 Å². The highest BCUT2D eigenvalue weighted by atomic mass is 35.5. The number of ketones is 1. The predicted molar refractivity (Wildman–Crippen MR) is 53.1 cm³/mol. The summed E-state index contributed by atoms with van der Waals surface area (Å²) < 4.78 is 0. The number of aliphatic carboxylic acids is 1. The maximum atomic E-state index is 11.1. The number of aromatic nitrogens is 2. The van der Waals surface area contributed by atoms with E-state index in [4.69, 9.17) is 16.7 Å². The van der Waals surface area contributed by atoms with Crippen LogP contribution in [0.5, 0.6) is 0 Å². The smallest absolute Gasteiger partial charge is 0.377 e. The molecular formula is C9H5ClN2O3. The van der Waals surface area contributed by atoms with Gasteiger partial charge in [0.2, 0.25) is 0 Å². The maximum absolute atomic E-state index is 11.1. The second-order valence-electron chi connectivity index (χ2n) is 2.90. The number of nitrogens with zero attached hydrogens (tertiary/aromatic N) is 1. The predicted octanol–water partition coefficient (Wildman–Crippen LogP) is 1.48. The van der Waals surface area contributed by atoms with Gasteiger partial charge in [0.25, 0.3) is 5.78 Å². The highest BCUT2D eigenvalue weighted by Gasteiger charge is 2.15. The molecule has 1 heterocycles. The van der Waals surface area contributed by atoms with Crippen molar-refractivity contribution in [3.8, 4) is 0 Å². The minimum Gasteiger partial charge on any atom is -0.475 e. The summed E-state index contributed by atoms with van der Waals surface area (Å²) in [7, 11) is 0. The molecule has 0 atom stereocenters. The Morgan fingerprint density at radius 1 is 1.40 bits per heavy atom. The number of nitrogens with one attached hydrogen (secondary N) is 1. The van der Waals surface area contributed by atoms with Gasteiger partial charge in [0.1, 0.15) is 5.15 Å². The van der Waals surface area contributed by atoms with Crippen molar-refractivity contribution in [1.29, 1.82) is 0 Å². The van der Waals surface area contributed by atoms with Crippen LogP contribution in [0.25, 0.3) is 10.9 Å². The largest absolute Gasteiger partial charge is 0.475 e. The average Bonchev–Trinajstić information content (AvgIpc) is 2.59. The van der Waals surface area contributed by atoms with Crippen molar-refractivity contribution in [2.75, 3.05) is 0 Å². The molecule has 6 heteroatoms. The molecule has 15 heavy (non-hydrogen) atoms. The molecule has 0 radical (unpaired) electrons. The lowest BCUT2D eigenvalue weighted by molar-refractivity contribution is -0.131. The van der Waals surface area contributed by atoms with Gasteiger partial charge in [-0.2, -0.15) is 5.10 Å². The van der Waals surface area contributed by atoms with Gasteiger partial charge < -0.3 is 5.11 Å². The molecule has 76 valence electrons. The Kier molecular flexibility index (Phi) is 2.17. The van der Waals surface area contributed by atoms with Gasteiger partial charge in [-0.3, -0.25) is 9.89 Å². The molecule has 0 aliphatic heterocycles. The Hall–Kier alpha value is -1.88. The zero-order chi connectivity index (χ0) is 11.0.